The maximum Gasteiger partial charge on any atom is 0.273 e. The Morgan fingerprint density at radius 3 is 2.50 bits per heavy atom. The smallest absolute Gasteiger partial charge is 0.273 e. The van der Waals surface area contributed by atoms with Crippen LogP contribution in [0.15, 0.2) is 17.5 Å². The molecule has 0 radical (unpaired) electrons. The van der Waals surface area contributed by atoms with E-state index in [1.54, 1.807) is 17.3 Å². The minimum absolute atomic E-state index is 0.0772. The predicted molar refractivity (Wildman–Crippen MR) is 96.4 cm³/mol. The summed E-state index contributed by atoms with van der Waals surface area (Å²) in [6.45, 7) is 8.09. The van der Waals surface area contributed by atoms with E-state index in [0.29, 0.717) is 11.4 Å². The lowest BCUT2D eigenvalue weighted by atomic mass is 10.1. The number of thiazole rings is 1. The molecule has 0 unspecified atom stereocenters. The number of aromatic nitrogens is 3. The van der Waals surface area contributed by atoms with E-state index in [-0.39, 0.29) is 11.4 Å². The van der Waals surface area contributed by atoms with Crippen molar-refractivity contribution >= 4 is 23.1 Å². The van der Waals surface area contributed by atoms with Crippen molar-refractivity contribution in [1.29, 1.82) is 0 Å². The van der Waals surface area contributed by atoms with E-state index in [0.717, 1.165) is 23.9 Å². The minimum Gasteiger partial charge on any atom is -0.355 e. The molecule has 3 rings (SSSR count). The van der Waals surface area contributed by atoms with Crippen molar-refractivity contribution in [1.82, 2.24) is 20.1 Å². The van der Waals surface area contributed by atoms with Gasteiger partial charge in [-0.2, -0.15) is 0 Å². The molecule has 3 heterocycles. The number of carbonyl (C=O) groups is 1. The van der Waals surface area contributed by atoms with Gasteiger partial charge in [0.15, 0.2) is 5.82 Å². The topological polar surface area (TPSA) is 62.2 Å². The van der Waals surface area contributed by atoms with Gasteiger partial charge >= 0.3 is 0 Å². The lowest BCUT2D eigenvalue weighted by Crippen LogP contribution is -2.42. The van der Waals surface area contributed by atoms with E-state index in [2.05, 4.69) is 20.1 Å². The molecule has 2 aromatic heterocycles. The summed E-state index contributed by atoms with van der Waals surface area (Å²) >= 11 is 1.42. The molecule has 1 saturated heterocycles. The normalized spacial score (nSPS) is 14.9. The Morgan fingerprint density at radius 2 is 1.92 bits per heavy atom. The number of nitrogens with zero attached hydrogens (tertiary/aromatic N) is 5. The minimum atomic E-state index is -0.238. The highest BCUT2D eigenvalue weighted by molar-refractivity contribution is 7.13. The summed E-state index contributed by atoms with van der Waals surface area (Å²) in [5, 5.41) is 11.1. The Labute approximate surface area is 146 Å². The molecule has 1 aliphatic heterocycles. The van der Waals surface area contributed by atoms with Gasteiger partial charge in [-0.1, -0.05) is 0 Å². The van der Waals surface area contributed by atoms with E-state index < -0.39 is 0 Å². The second-order valence-corrected chi connectivity index (χ2v) is 7.90. The molecule has 1 fully saturated rings. The van der Waals surface area contributed by atoms with Crippen LogP contribution >= 0.6 is 11.3 Å². The fourth-order valence-electron chi connectivity index (χ4n) is 2.52. The van der Waals surface area contributed by atoms with E-state index in [1.807, 2.05) is 32.9 Å². The Balaban J connectivity index is 1.76. The van der Waals surface area contributed by atoms with Crippen LogP contribution in [0.2, 0.25) is 0 Å². The van der Waals surface area contributed by atoms with Crippen molar-refractivity contribution in [2.24, 2.45) is 0 Å². The van der Waals surface area contributed by atoms with Gasteiger partial charge in [0.25, 0.3) is 5.91 Å². The van der Waals surface area contributed by atoms with Crippen LogP contribution < -0.4 is 4.90 Å². The Hall–Kier alpha value is -2.02. The molecule has 1 amide bonds. The van der Waals surface area contributed by atoms with E-state index >= 15 is 0 Å². The first-order valence-corrected chi connectivity index (χ1v) is 9.07. The van der Waals surface area contributed by atoms with Crippen LogP contribution in [-0.2, 0) is 0 Å². The van der Waals surface area contributed by atoms with Crippen LogP contribution in [0, 0.1) is 0 Å². The molecular formula is C17H23N5OS. The quantitative estimate of drug-likeness (QED) is 0.855. The highest BCUT2D eigenvalue weighted by Crippen LogP contribution is 2.25. The summed E-state index contributed by atoms with van der Waals surface area (Å²) < 4.78 is 0. The Morgan fingerprint density at radius 1 is 1.21 bits per heavy atom. The van der Waals surface area contributed by atoms with Crippen LogP contribution in [0.5, 0.6) is 0 Å². The van der Waals surface area contributed by atoms with Gasteiger partial charge < -0.3 is 9.80 Å². The molecule has 2 aromatic rings. The molecule has 0 saturated carbocycles. The molecule has 128 valence electrons. The van der Waals surface area contributed by atoms with Gasteiger partial charge in [0, 0.05) is 31.1 Å². The molecule has 7 heteroatoms. The number of anilines is 1. The van der Waals surface area contributed by atoms with Gasteiger partial charge in [-0.05, 0) is 45.7 Å². The van der Waals surface area contributed by atoms with Crippen molar-refractivity contribution in [3.05, 3.63) is 23.2 Å². The Bertz CT molecular complexity index is 713. The van der Waals surface area contributed by atoms with Gasteiger partial charge in [-0.15, -0.1) is 21.5 Å². The number of hydrogen-bond donors (Lipinski definition) is 0. The SMILES string of the molecule is CN(C(=O)c1csc(-c2ccc(N3CCCC3)nn2)n1)C(C)(C)C. The summed E-state index contributed by atoms with van der Waals surface area (Å²) in [6.07, 6.45) is 2.42. The Kier molecular flexibility index (Phi) is 4.54. The summed E-state index contributed by atoms with van der Waals surface area (Å²) in [5.74, 6) is 0.836. The number of rotatable bonds is 3. The maximum absolute atomic E-state index is 12.5. The number of hydrogen-bond acceptors (Lipinski definition) is 6. The van der Waals surface area contributed by atoms with Crippen molar-refractivity contribution in [2.75, 3.05) is 25.0 Å². The molecule has 0 aromatic carbocycles. The average Bonchev–Trinajstić information content (AvgIpc) is 3.24. The van der Waals surface area contributed by atoms with E-state index in [4.69, 9.17) is 0 Å². The summed E-state index contributed by atoms with van der Waals surface area (Å²) in [5.41, 5.74) is 0.927. The van der Waals surface area contributed by atoms with E-state index in [1.165, 1.54) is 24.2 Å². The molecule has 0 bridgehead atoms. The first kappa shape index (κ1) is 16.8. The molecule has 6 nitrogen and oxygen atoms in total. The van der Waals surface area contributed by atoms with Crippen molar-refractivity contribution in [3.8, 4) is 10.7 Å². The summed E-state index contributed by atoms with van der Waals surface area (Å²) in [7, 11) is 1.80. The molecule has 0 aliphatic carbocycles. The average molecular weight is 345 g/mol. The number of amides is 1. The van der Waals surface area contributed by atoms with E-state index in [9.17, 15) is 4.79 Å². The van der Waals surface area contributed by atoms with Gasteiger partial charge in [-0.25, -0.2) is 4.98 Å². The van der Waals surface area contributed by atoms with Crippen LogP contribution in [0.3, 0.4) is 0 Å². The zero-order valence-corrected chi connectivity index (χ0v) is 15.4. The monoisotopic (exact) mass is 345 g/mol. The van der Waals surface area contributed by atoms with Crippen LogP contribution in [0.4, 0.5) is 5.82 Å². The third-order valence-electron chi connectivity index (χ3n) is 4.33. The predicted octanol–water partition coefficient (Wildman–Crippen LogP) is 3.07. The second-order valence-electron chi connectivity index (χ2n) is 7.04. The van der Waals surface area contributed by atoms with Crippen molar-refractivity contribution in [3.63, 3.8) is 0 Å². The van der Waals surface area contributed by atoms with Gasteiger partial charge in [0.1, 0.15) is 16.4 Å². The first-order valence-electron chi connectivity index (χ1n) is 8.19. The summed E-state index contributed by atoms with van der Waals surface area (Å²) in [6, 6.07) is 3.92. The molecular weight excluding hydrogens is 322 g/mol. The maximum atomic E-state index is 12.5. The standard InChI is InChI=1S/C17H23N5OS/c1-17(2,3)21(4)16(23)13-11-24-15(18-13)12-7-8-14(20-19-12)22-9-5-6-10-22/h7-8,11H,5-6,9-10H2,1-4H3. The highest BCUT2D eigenvalue weighted by Gasteiger charge is 2.25. The van der Waals surface area contributed by atoms with Gasteiger partial charge in [0.05, 0.1) is 0 Å². The van der Waals surface area contributed by atoms with Gasteiger partial charge in [-0.3, -0.25) is 4.79 Å². The fourth-order valence-corrected chi connectivity index (χ4v) is 3.28. The van der Waals surface area contributed by atoms with Crippen LogP contribution in [0.25, 0.3) is 10.7 Å². The first-order chi connectivity index (χ1) is 11.4. The zero-order chi connectivity index (χ0) is 17.3. The molecule has 0 N–H and O–H groups in total. The molecule has 0 spiro atoms. The number of carbonyl (C=O) groups excluding carboxylic acids is 1. The zero-order valence-electron chi connectivity index (χ0n) is 14.6. The third-order valence-corrected chi connectivity index (χ3v) is 5.20. The fraction of sp³-hybridized carbons (Fsp3) is 0.529. The van der Waals surface area contributed by atoms with Crippen molar-refractivity contribution in [2.45, 2.75) is 39.2 Å². The van der Waals surface area contributed by atoms with Crippen molar-refractivity contribution < 1.29 is 4.79 Å². The highest BCUT2D eigenvalue weighted by atomic mass is 32.1. The molecule has 1 aliphatic rings. The molecule has 24 heavy (non-hydrogen) atoms. The van der Waals surface area contributed by atoms with Gasteiger partial charge in [0.2, 0.25) is 0 Å². The summed E-state index contributed by atoms with van der Waals surface area (Å²) in [4.78, 5) is 20.9. The van der Waals surface area contributed by atoms with Crippen LogP contribution in [-0.4, -0.2) is 51.7 Å². The largest absolute Gasteiger partial charge is 0.355 e. The van der Waals surface area contributed by atoms with Crippen LogP contribution in [0.1, 0.15) is 44.1 Å². The second kappa shape index (κ2) is 6.47. The lowest BCUT2D eigenvalue weighted by molar-refractivity contribution is 0.0650. The molecule has 0 atom stereocenters. The lowest BCUT2D eigenvalue weighted by Gasteiger charge is -2.31. The third kappa shape index (κ3) is 3.40.